The van der Waals surface area contributed by atoms with Crippen molar-refractivity contribution in [3.63, 3.8) is 0 Å². The number of primary sulfonamides is 1. The van der Waals surface area contributed by atoms with Gasteiger partial charge >= 0.3 is 0 Å². The van der Waals surface area contributed by atoms with E-state index in [2.05, 4.69) is 0 Å². The summed E-state index contributed by atoms with van der Waals surface area (Å²) < 4.78 is 28.1. The number of nitrogens with zero attached hydrogens (tertiary/aromatic N) is 1. The third kappa shape index (κ3) is 1.91. The van der Waals surface area contributed by atoms with Crippen LogP contribution in [0.1, 0.15) is 0 Å². The second-order valence-corrected chi connectivity index (χ2v) is 5.80. The smallest absolute Gasteiger partial charge is 0.273 e. The minimum atomic E-state index is -3.81. The third-order valence-corrected chi connectivity index (χ3v) is 3.88. The molecule has 0 amide bonds. The van der Waals surface area contributed by atoms with Gasteiger partial charge in [0.2, 0.25) is 10.0 Å². The summed E-state index contributed by atoms with van der Waals surface area (Å²) in [6.45, 7) is 0. The molecule has 0 fully saturated rings. The van der Waals surface area contributed by atoms with Gasteiger partial charge < -0.3 is 4.42 Å². The van der Waals surface area contributed by atoms with Crippen molar-refractivity contribution in [3.8, 4) is 0 Å². The maximum atomic E-state index is 11.3. The van der Waals surface area contributed by atoms with Crippen LogP contribution < -0.4 is 5.14 Å². The van der Waals surface area contributed by atoms with Crippen molar-refractivity contribution >= 4 is 37.6 Å². The fourth-order valence-corrected chi connectivity index (χ4v) is 2.58. The summed E-state index contributed by atoms with van der Waals surface area (Å²) in [4.78, 5) is 10.2. The molecule has 0 saturated heterocycles. The standard InChI is InChI=1S/C12H8N2O5S/c13-20(17,18)8-2-4-11-10(6-8)9-3-1-7(14(15)16)5-12(9)19-11/h1-6H,(H2,13,17,18). The first-order valence-electron chi connectivity index (χ1n) is 5.50. The third-order valence-electron chi connectivity index (χ3n) is 2.97. The van der Waals surface area contributed by atoms with Gasteiger partial charge in [-0.1, -0.05) is 0 Å². The molecule has 1 heterocycles. The molecule has 3 aromatic rings. The Balaban J connectivity index is 2.35. The fourth-order valence-electron chi connectivity index (χ4n) is 2.04. The molecule has 0 saturated carbocycles. The minimum Gasteiger partial charge on any atom is -0.456 e. The highest BCUT2D eigenvalue weighted by molar-refractivity contribution is 7.89. The van der Waals surface area contributed by atoms with E-state index >= 15 is 0 Å². The van der Waals surface area contributed by atoms with Crippen molar-refractivity contribution in [2.45, 2.75) is 4.90 Å². The highest BCUT2D eigenvalue weighted by Gasteiger charge is 2.15. The van der Waals surface area contributed by atoms with E-state index in [0.29, 0.717) is 21.9 Å². The normalized spacial score (nSPS) is 12.1. The summed E-state index contributed by atoms with van der Waals surface area (Å²) in [5.74, 6) is 0. The molecule has 7 nitrogen and oxygen atoms in total. The number of benzene rings is 2. The molecular formula is C12H8N2O5S. The molecule has 0 unspecified atom stereocenters. The number of hydrogen-bond acceptors (Lipinski definition) is 5. The van der Waals surface area contributed by atoms with Crippen LogP contribution in [0, 0.1) is 10.1 Å². The lowest BCUT2D eigenvalue weighted by Crippen LogP contribution is -2.11. The summed E-state index contributed by atoms with van der Waals surface area (Å²) in [7, 11) is -3.81. The van der Waals surface area contributed by atoms with Crippen LogP contribution in [-0.2, 0) is 10.0 Å². The van der Waals surface area contributed by atoms with E-state index in [1.54, 1.807) is 0 Å². The van der Waals surface area contributed by atoms with E-state index < -0.39 is 14.9 Å². The molecule has 2 N–H and O–H groups in total. The molecule has 2 aromatic carbocycles. The van der Waals surface area contributed by atoms with E-state index in [4.69, 9.17) is 9.56 Å². The van der Waals surface area contributed by atoms with Crippen LogP contribution >= 0.6 is 0 Å². The lowest BCUT2D eigenvalue weighted by atomic mass is 10.1. The summed E-state index contributed by atoms with van der Waals surface area (Å²) >= 11 is 0. The van der Waals surface area contributed by atoms with Crippen LogP contribution in [0.4, 0.5) is 5.69 Å². The summed E-state index contributed by atoms with van der Waals surface area (Å²) in [5, 5.41) is 16.9. The topological polar surface area (TPSA) is 116 Å². The number of furan rings is 1. The van der Waals surface area contributed by atoms with Crippen LogP contribution in [0.15, 0.2) is 45.7 Å². The summed E-state index contributed by atoms with van der Waals surface area (Å²) in [6, 6.07) is 8.34. The number of nitro benzene ring substituents is 1. The second kappa shape index (κ2) is 4.02. The predicted octanol–water partition coefficient (Wildman–Crippen LogP) is 2.14. The van der Waals surface area contributed by atoms with Gasteiger partial charge in [-0.3, -0.25) is 10.1 Å². The lowest BCUT2D eigenvalue weighted by Gasteiger charge is -1.97. The number of hydrogen-bond donors (Lipinski definition) is 1. The predicted molar refractivity (Wildman–Crippen MR) is 71.7 cm³/mol. The van der Waals surface area contributed by atoms with E-state index in [9.17, 15) is 18.5 Å². The summed E-state index contributed by atoms with van der Waals surface area (Å²) in [6.07, 6.45) is 0. The van der Waals surface area contributed by atoms with Gasteiger partial charge in [0, 0.05) is 16.8 Å². The molecule has 0 spiro atoms. The number of sulfonamides is 1. The molecule has 20 heavy (non-hydrogen) atoms. The highest BCUT2D eigenvalue weighted by Crippen LogP contribution is 2.32. The van der Waals surface area contributed by atoms with E-state index in [0.717, 1.165) is 0 Å². The van der Waals surface area contributed by atoms with Gasteiger partial charge in [-0.25, -0.2) is 13.6 Å². The summed E-state index contributed by atoms with van der Waals surface area (Å²) in [5.41, 5.74) is 0.664. The Hall–Kier alpha value is -2.45. The van der Waals surface area contributed by atoms with Gasteiger partial charge in [0.15, 0.2) is 0 Å². The van der Waals surface area contributed by atoms with Crippen LogP contribution in [0.5, 0.6) is 0 Å². The highest BCUT2D eigenvalue weighted by atomic mass is 32.2. The maximum Gasteiger partial charge on any atom is 0.273 e. The SMILES string of the molecule is NS(=O)(=O)c1ccc2oc3cc([N+](=O)[O-])ccc3c2c1. The van der Waals surface area contributed by atoms with Crippen LogP contribution in [0.3, 0.4) is 0 Å². The second-order valence-electron chi connectivity index (χ2n) is 4.24. The van der Waals surface area contributed by atoms with Gasteiger partial charge in [0.25, 0.3) is 5.69 Å². The molecule has 0 radical (unpaired) electrons. The van der Waals surface area contributed by atoms with Crippen LogP contribution in [-0.4, -0.2) is 13.3 Å². The zero-order chi connectivity index (χ0) is 14.5. The Morgan fingerprint density at radius 1 is 1.05 bits per heavy atom. The number of non-ortho nitro benzene ring substituents is 1. The van der Waals surface area contributed by atoms with Crippen molar-refractivity contribution in [2.24, 2.45) is 5.14 Å². The zero-order valence-electron chi connectivity index (χ0n) is 9.94. The average molecular weight is 292 g/mol. The number of nitro groups is 1. The van der Waals surface area contributed by atoms with Crippen molar-refractivity contribution < 1.29 is 17.8 Å². The first-order valence-corrected chi connectivity index (χ1v) is 7.04. The van der Waals surface area contributed by atoms with Gasteiger partial charge in [0.05, 0.1) is 15.9 Å². The Labute approximate surface area is 112 Å². The maximum absolute atomic E-state index is 11.3. The van der Waals surface area contributed by atoms with Gasteiger partial charge in [-0.2, -0.15) is 0 Å². The Bertz CT molecular complexity index is 959. The molecule has 0 bridgehead atoms. The Morgan fingerprint density at radius 2 is 1.80 bits per heavy atom. The van der Waals surface area contributed by atoms with Gasteiger partial charge in [0.1, 0.15) is 11.2 Å². The van der Waals surface area contributed by atoms with Crippen molar-refractivity contribution in [2.75, 3.05) is 0 Å². The van der Waals surface area contributed by atoms with Crippen molar-refractivity contribution in [1.29, 1.82) is 0 Å². The number of fused-ring (bicyclic) bond motifs is 3. The molecule has 0 aliphatic carbocycles. The molecule has 102 valence electrons. The Morgan fingerprint density at radius 3 is 2.45 bits per heavy atom. The molecule has 8 heteroatoms. The molecule has 0 aliphatic heterocycles. The van der Waals surface area contributed by atoms with Crippen LogP contribution in [0.25, 0.3) is 21.9 Å². The monoisotopic (exact) mass is 292 g/mol. The molecule has 0 atom stereocenters. The van der Waals surface area contributed by atoms with E-state index in [1.807, 2.05) is 0 Å². The minimum absolute atomic E-state index is 0.0361. The molecule has 0 aliphatic rings. The lowest BCUT2D eigenvalue weighted by molar-refractivity contribution is -0.384. The Kier molecular flexibility index (Phi) is 2.53. The van der Waals surface area contributed by atoms with E-state index in [-0.39, 0.29) is 10.6 Å². The van der Waals surface area contributed by atoms with Crippen molar-refractivity contribution in [1.82, 2.24) is 0 Å². The van der Waals surface area contributed by atoms with Gasteiger partial charge in [-0.15, -0.1) is 0 Å². The average Bonchev–Trinajstić information content (AvgIpc) is 2.74. The van der Waals surface area contributed by atoms with E-state index in [1.165, 1.54) is 36.4 Å². The quantitative estimate of drug-likeness (QED) is 0.573. The van der Waals surface area contributed by atoms with Crippen LogP contribution in [0.2, 0.25) is 0 Å². The number of nitrogens with two attached hydrogens (primary N) is 1. The zero-order valence-corrected chi connectivity index (χ0v) is 10.8. The van der Waals surface area contributed by atoms with Crippen molar-refractivity contribution in [3.05, 3.63) is 46.5 Å². The molecule has 1 aromatic heterocycles. The molecular weight excluding hydrogens is 284 g/mol. The van der Waals surface area contributed by atoms with Gasteiger partial charge in [-0.05, 0) is 24.3 Å². The largest absolute Gasteiger partial charge is 0.456 e. The first kappa shape index (κ1) is 12.6. The fraction of sp³-hybridized carbons (Fsp3) is 0. The molecule has 3 rings (SSSR count). The number of rotatable bonds is 2. The first-order chi connectivity index (χ1) is 9.36.